The van der Waals surface area contributed by atoms with Gasteiger partial charge in [0.25, 0.3) is 5.91 Å². The predicted molar refractivity (Wildman–Crippen MR) is 141 cm³/mol. The molecule has 1 aliphatic rings. The summed E-state index contributed by atoms with van der Waals surface area (Å²) in [6.45, 7) is 7.37. The molecule has 1 amide bonds. The van der Waals surface area contributed by atoms with E-state index in [1.807, 2.05) is 66.9 Å². The number of hydrogen-bond donors (Lipinski definition) is 1. The molecule has 5 rings (SSSR count). The van der Waals surface area contributed by atoms with Gasteiger partial charge in [-0.05, 0) is 38.1 Å². The van der Waals surface area contributed by atoms with Gasteiger partial charge in [0.1, 0.15) is 5.69 Å². The minimum atomic E-state index is -0.0988. The quantitative estimate of drug-likeness (QED) is 0.388. The number of aromatic nitrogens is 4. The molecule has 0 saturated carbocycles. The van der Waals surface area contributed by atoms with Gasteiger partial charge >= 0.3 is 0 Å². The van der Waals surface area contributed by atoms with E-state index in [0.29, 0.717) is 17.8 Å². The number of carbonyl (C=O) groups excluding carboxylic acids is 1. The summed E-state index contributed by atoms with van der Waals surface area (Å²) in [6, 6.07) is 19.8. The van der Waals surface area contributed by atoms with Crippen LogP contribution >= 0.6 is 0 Å². The van der Waals surface area contributed by atoms with Crippen molar-refractivity contribution in [3.63, 3.8) is 0 Å². The molecular weight excluding hydrogens is 450 g/mol. The number of nitrogens with one attached hydrogen (secondary N) is 1. The predicted octanol–water partition coefficient (Wildman–Crippen LogP) is 3.58. The Morgan fingerprint density at radius 3 is 2.36 bits per heavy atom. The van der Waals surface area contributed by atoms with Crippen LogP contribution in [0, 0.1) is 6.92 Å². The molecule has 0 unspecified atom stereocenters. The molecule has 36 heavy (non-hydrogen) atoms. The van der Waals surface area contributed by atoms with Gasteiger partial charge in [0.15, 0.2) is 0 Å². The second-order valence-corrected chi connectivity index (χ2v) is 9.02. The molecule has 2 aromatic heterocycles. The van der Waals surface area contributed by atoms with Crippen LogP contribution in [-0.2, 0) is 0 Å². The van der Waals surface area contributed by atoms with Crippen molar-refractivity contribution in [1.82, 2.24) is 30.0 Å². The second-order valence-electron chi connectivity index (χ2n) is 9.02. The first-order chi connectivity index (χ1) is 17.7. The molecule has 3 heterocycles. The van der Waals surface area contributed by atoms with Crippen molar-refractivity contribution < 1.29 is 4.79 Å². The van der Waals surface area contributed by atoms with Crippen LogP contribution in [-0.4, -0.2) is 69.8 Å². The van der Waals surface area contributed by atoms with E-state index in [1.54, 1.807) is 17.1 Å². The van der Waals surface area contributed by atoms with Gasteiger partial charge < -0.3 is 10.2 Å². The minimum Gasteiger partial charge on any atom is -0.352 e. The minimum absolute atomic E-state index is 0.0988. The van der Waals surface area contributed by atoms with E-state index in [2.05, 4.69) is 32.0 Å². The first-order valence-corrected chi connectivity index (χ1v) is 12.4. The Morgan fingerprint density at radius 1 is 0.917 bits per heavy atom. The summed E-state index contributed by atoms with van der Waals surface area (Å²) >= 11 is 0. The summed E-state index contributed by atoms with van der Waals surface area (Å²) in [5.74, 6) is 0.697. The molecule has 8 nitrogen and oxygen atoms in total. The van der Waals surface area contributed by atoms with Crippen LogP contribution in [0.1, 0.15) is 22.3 Å². The third-order valence-corrected chi connectivity index (χ3v) is 6.45. The van der Waals surface area contributed by atoms with Crippen LogP contribution < -0.4 is 10.2 Å². The van der Waals surface area contributed by atoms with Gasteiger partial charge in [-0.1, -0.05) is 48.0 Å². The summed E-state index contributed by atoms with van der Waals surface area (Å²) in [7, 11) is 0. The van der Waals surface area contributed by atoms with Gasteiger partial charge in [0.2, 0.25) is 5.95 Å². The first kappa shape index (κ1) is 23.7. The lowest BCUT2D eigenvalue weighted by Gasteiger charge is -2.34. The van der Waals surface area contributed by atoms with Crippen LogP contribution in [0.4, 0.5) is 5.95 Å². The highest BCUT2D eigenvalue weighted by molar-refractivity contribution is 5.99. The number of anilines is 1. The molecular formula is C28H31N7O. The summed E-state index contributed by atoms with van der Waals surface area (Å²) in [5, 5.41) is 7.88. The summed E-state index contributed by atoms with van der Waals surface area (Å²) in [6.07, 6.45) is 6.28. The zero-order valence-electron chi connectivity index (χ0n) is 20.5. The smallest absolute Gasteiger partial charge is 0.255 e. The molecule has 0 radical (unpaired) electrons. The van der Waals surface area contributed by atoms with Crippen LogP contribution in [0.2, 0.25) is 0 Å². The average molecular weight is 482 g/mol. The first-order valence-electron chi connectivity index (χ1n) is 12.4. The number of hydrogen-bond acceptors (Lipinski definition) is 6. The third-order valence-electron chi connectivity index (χ3n) is 6.45. The lowest BCUT2D eigenvalue weighted by Crippen LogP contribution is -2.47. The molecule has 184 valence electrons. The highest BCUT2D eigenvalue weighted by Crippen LogP contribution is 2.24. The molecule has 4 aromatic rings. The van der Waals surface area contributed by atoms with Gasteiger partial charge in [0, 0.05) is 56.9 Å². The number of piperazine rings is 1. The molecule has 0 aliphatic carbocycles. The molecule has 0 bridgehead atoms. The van der Waals surface area contributed by atoms with Crippen molar-refractivity contribution >= 4 is 11.9 Å². The average Bonchev–Trinajstić information content (AvgIpc) is 3.38. The van der Waals surface area contributed by atoms with E-state index in [0.717, 1.165) is 56.3 Å². The molecule has 1 aliphatic heterocycles. The van der Waals surface area contributed by atoms with Gasteiger partial charge in [-0.15, -0.1) is 0 Å². The van der Waals surface area contributed by atoms with E-state index in [9.17, 15) is 4.79 Å². The van der Waals surface area contributed by atoms with Crippen molar-refractivity contribution in [3.8, 4) is 16.9 Å². The Kier molecular flexibility index (Phi) is 7.33. The van der Waals surface area contributed by atoms with Crippen molar-refractivity contribution in [3.05, 3.63) is 90.4 Å². The van der Waals surface area contributed by atoms with Gasteiger partial charge in [0.05, 0.1) is 11.3 Å². The van der Waals surface area contributed by atoms with Crippen molar-refractivity contribution in [2.45, 2.75) is 13.3 Å². The fourth-order valence-corrected chi connectivity index (χ4v) is 4.40. The lowest BCUT2D eigenvalue weighted by atomic mass is 10.1. The number of rotatable bonds is 8. The Bertz CT molecular complexity index is 1260. The monoisotopic (exact) mass is 481 g/mol. The standard InChI is InChI=1S/C28H31N7O/c1-22-9-11-24(12-10-22)35-21-25(26(32-35)23-7-3-2-4-8-23)27(36)29-15-6-16-33-17-19-34(20-18-33)28-30-13-5-14-31-28/h2-5,7-14,21H,6,15-20H2,1H3,(H,29,36). The normalized spacial score (nSPS) is 14.1. The van der Waals surface area contributed by atoms with E-state index in [4.69, 9.17) is 5.10 Å². The fourth-order valence-electron chi connectivity index (χ4n) is 4.40. The topological polar surface area (TPSA) is 79.2 Å². The van der Waals surface area contributed by atoms with E-state index in [-0.39, 0.29) is 5.91 Å². The number of amides is 1. The molecule has 0 spiro atoms. The number of benzene rings is 2. The Morgan fingerprint density at radius 2 is 1.64 bits per heavy atom. The van der Waals surface area contributed by atoms with E-state index in [1.165, 1.54) is 5.56 Å². The molecule has 1 N–H and O–H groups in total. The Labute approximate surface area is 211 Å². The van der Waals surface area contributed by atoms with Gasteiger partial charge in [-0.3, -0.25) is 9.69 Å². The maximum absolute atomic E-state index is 13.2. The number of nitrogens with zero attached hydrogens (tertiary/aromatic N) is 6. The van der Waals surface area contributed by atoms with Crippen LogP contribution in [0.15, 0.2) is 79.3 Å². The van der Waals surface area contributed by atoms with Crippen LogP contribution in [0.25, 0.3) is 16.9 Å². The highest BCUT2D eigenvalue weighted by Gasteiger charge is 2.20. The molecule has 2 aromatic carbocycles. The zero-order chi connectivity index (χ0) is 24.7. The molecule has 8 heteroatoms. The zero-order valence-corrected chi connectivity index (χ0v) is 20.5. The summed E-state index contributed by atoms with van der Waals surface area (Å²) in [5.41, 5.74) is 4.30. The van der Waals surface area contributed by atoms with Crippen LogP contribution in [0.3, 0.4) is 0 Å². The SMILES string of the molecule is Cc1ccc(-n2cc(C(=O)NCCCN3CCN(c4ncccn4)CC3)c(-c3ccccc3)n2)cc1. The molecule has 1 saturated heterocycles. The third kappa shape index (κ3) is 5.60. The van der Waals surface area contributed by atoms with E-state index >= 15 is 0 Å². The summed E-state index contributed by atoms with van der Waals surface area (Å²) in [4.78, 5) is 26.5. The Hall–Kier alpha value is -4.04. The maximum atomic E-state index is 13.2. The van der Waals surface area contributed by atoms with Gasteiger partial charge in [-0.2, -0.15) is 5.10 Å². The Balaban J connectivity index is 1.18. The van der Waals surface area contributed by atoms with E-state index < -0.39 is 0 Å². The molecule has 0 atom stereocenters. The van der Waals surface area contributed by atoms with Crippen molar-refractivity contribution in [2.75, 3.05) is 44.2 Å². The number of carbonyl (C=O) groups is 1. The fraction of sp³-hybridized carbons (Fsp3) is 0.286. The number of aryl methyl sites for hydroxylation is 1. The maximum Gasteiger partial charge on any atom is 0.255 e. The highest BCUT2D eigenvalue weighted by atomic mass is 16.1. The summed E-state index contributed by atoms with van der Waals surface area (Å²) < 4.78 is 1.78. The van der Waals surface area contributed by atoms with Gasteiger partial charge in [-0.25, -0.2) is 14.6 Å². The second kappa shape index (κ2) is 11.1. The van der Waals surface area contributed by atoms with Crippen molar-refractivity contribution in [1.29, 1.82) is 0 Å². The van der Waals surface area contributed by atoms with Crippen molar-refractivity contribution in [2.24, 2.45) is 0 Å². The lowest BCUT2D eigenvalue weighted by molar-refractivity contribution is 0.0952. The molecule has 1 fully saturated rings. The van der Waals surface area contributed by atoms with Crippen LogP contribution in [0.5, 0.6) is 0 Å². The largest absolute Gasteiger partial charge is 0.352 e.